The first-order chi connectivity index (χ1) is 26.8. The summed E-state index contributed by atoms with van der Waals surface area (Å²) in [6, 6.07) is 16.8. The van der Waals surface area contributed by atoms with Crippen molar-refractivity contribution in [3.05, 3.63) is 99.6 Å². The second-order valence-electron chi connectivity index (χ2n) is 13.4. The zero-order valence-corrected chi connectivity index (χ0v) is 37.0. The van der Waals surface area contributed by atoms with E-state index in [1.54, 1.807) is 85.1 Å². The fraction of sp³-hybridized carbons (Fsp3) is 0.278. The number of rotatable bonds is 8. The van der Waals surface area contributed by atoms with E-state index in [4.69, 9.17) is 24.5 Å². The van der Waals surface area contributed by atoms with E-state index in [0.29, 0.717) is 39.4 Å². The van der Waals surface area contributed by atoms with Crippen molar-refractivity contribution >= 4 is 111 Å². The SMILES string of the molecule is Cc1ccc(S(=O)(=O)n2c(C)cc3c(N/N=C/C(C)C)nc(Cl)nc32)cc1.Cc1ccc(S(=O)(=O)n2c(C)cc3c2nc(Cl)n2c(C(C)C)nnc32)cc1.[2H][B]I. The van der Waals surface area contributed by atoms with Gasteiger partial charge < -0.3 is 0 Å². The first kappa shape index (κ1) is 41.5. The maximum atomic E-state index is 13.2. The first-order valence-electron chi connectivity index (χ1n) is 17.6. The number of aryl methyl sites for hydroxylation is 4. The Labute approximate surface area is 351 Å². The quantitative estimate of drug-likeness (QED) is 0.0519. The largest absolute Gasteiger partial charge is 0.269 e. The number of halogens is 3. The summed E-state index contributed by atoms with van der Waals surface area (Å²) in [4.78, 5) is 13.0. The van der Waals surface area contributed by atoms with Crippen LogP contribution in [0.5, 0.6) is 0 Å². The molecule has 0 aliphatic rings. The van der Waals surface area contributed by atoms with Crippen LogP contribution in [-0.4, -0.2) is 67.5 Å². The Balaban J connectivity index is 0.000000204. The summed E-state index contributed by atoms with van der Waals surface area (Å²) in [7, 11) is -7.66. The molecule has 14 nitrogen and oxygen atoms in total. The monoisotopic (exact) mass is 948 g/mol. The highest BCUT2D eigenvalue weighted by Gasteiger charge is 2.27. The van der Waals surface area contributed by atoms with Gasteiger partial charge in [0, 0.05) is 23.5 Å². The highest BCUT2D eigenvalue weighted by Crippen LogP contribution is 2.31. The van der Waals surface area contributed by atoms with Crippen LogP contribution < -0.4 is 5.43 Å². The Morgan fingerprint density at radius 3 is 1.73 bits per heavy atom. The summed E-state index contributed by atoms with van der Waals surface area (Å²) in [6.07, 6.45) is 1.72. The molecule has 0 saturated heterocycles. The van der Waals surface area contributed by atoms with E-state index >= 15 is 0 Å². The minimum Gasteiger partial charge on any atom is -0.261 e. The summed E-state index contributed by atoms with van der Waals surface area (Å²) in [6.45, 7) is 15.2. The Hall–Kier alpha value is -4.11. The van der Waals surface area contributed by atoms with Crippen molar-refractivity contribution in [2.45, 2.75) is 71.1 Å². The molecule has 5 aromatic heterocycles. The predicted molar refractivity (Wildman–Crippen MR) is 233 cm³/mol. The molecule has 0 fully saturated rings. The fourth-order valence-corrected chi connectivity index (χ4v) is 9.16. The number of hydrogen-bond donors (Lipinski definition) is 1. The molecular weight excluding hydrogens is 909 g/mol. The van der Waals surface area contributed by atoms with Crippen molar-refractivity contribution in [1.82, 2.24) is 37.5 Å². The number of nitrogens with one attached hydrogen (secondary N) is 1. The Morgan fingerprint density at radius 2 is 1.25 bits per heavy atom. The predicted octanol–water partition coefficient (Wildman–Crippen LogP) is 7.94. The number of hydrazone groups is 1. The average Bonchev–Trinajstić information content (AvgIpc) is 3.82. The first-order valence-corrected chi connectivity index (χ1v) is 21.9. The van der Waals surface area contributed by atoms with Crippen molar-refractivity contribution in [3.8, 4) is 0 Å². The van der Waals surface area contributed by atoms with Gasteiger partial charge in [0.1, 0.15) is 5.82 Å². The molecule has 56 heavy (non-hydrogen) atoms. The lowest BCUT2D eigenvalue weighted by Gasteiger charge is -2.10. The minimum atomic E-state index is -3.84. The molecule has 0 saturated carbocycles. The number of nitrogens with zero attached hydrogens (tertiary/aromatic N) is 9. The van der Waals surface area contributed by atoms with Gasteiger partial charge in [-0.2, -0.15) is 42.4 Å². The van der Waals surface area contributed by atoms with Gasteiger partial charge in [0.25, 0.3) is 20.0 Å². The lowest BCUT2D eigenvalue weighted by molar-refractivity contribution is 0.585. The summed E-state index contributed by atoms with van der Waals surface area (Å²) < 4.78 is 63.0. The molecule has 0 aliphatic carbocycles. The van der Waals surface area contributed by atoms with Gasteiger partial charge >= 0.3 is 0 Å². The summed E-state index contributed by atoms with van der Waals surface area (Å²) in [5.74, 6) is 1.37. The molecule has 5 heterocycles. The molecule has 0 amide bonds. The molecule has 7 aromatic rings. The van der Waals surface area contributed by atoms with Gasteiger partial charge in [0.15, 0.2) is 28.4 Å². The maximum Gasteiger partial charge on any atom is 0.269 e. The van der Waals surface area contributed by atoms with E-state index in [1.807, 2.05) is 63.9 Å². The standard InChI is InChI=1S/C18H18ClN5O2S.C18H20ClN5O2S.BHI/c1-10(2)15-21-22-17-14-9-12(4)24(16(14)20-18(19)23(15)17)27(25,26)13-7-5-11(3)6-8-13;1-11(2)10-20-23-16-15-9-13(4)24(17(15)22-18(19)21-16)27(25,26)14-7-5-12(3)6-8-14;1-2/h5-10H,1-4H3;5-11H,1-4H3,(H,21,22,23);1H/b;20-10+;/i;;1D. The molecule has 1 radical (unpaired) electrons. The molecule has 0 spiro atoms. The van der Waals surface area contributed by atoms with E-state index in [1.165, 1.54) is 13.6 Å². The van der Waals surface area contributed by atoms with E-state index in [0.717, 1.165) is 11.1 Å². The van der Waals surface area contributed by atoms with Crippen LogP contribution in [0.3, 0.4) is 0 Å². The van der Waals surface area contributed by atoms with Crippen LogP contribution in [0.4, 0.5) is 5.82 Å². The maximum absolute atomic E-state index is 13.2. The van der Waals surface area contributed by atoms with Crippen LogP contribution in [-0.2, 0) is 20.0 Å². The van der Waals surface area contributed by atoms with Gasteiger partial charge in [-0.25, -0.2) is 24.8 Å². The van der Waals surface area contributed by atoms with Crippen LogP contribution in [0, 0.1) is 33.6 Å². The van der Waals surface area contributed by atoms with E-state index in [2.05, 4.69) is 35.7 Å². The van der Waals surface area contributed by atoms with Crippen molar-refractivity contribution in [2.24, 2.45) is 11.0 Å². The second-order valence-corrected chi connectivity index (χ2v) is 17.7. The van der Waals surface area contributed by atoms with Gasteiger partial charge in [-0.05, 0) is 94.5 Å². The zero-order chi connectivity index (χ0) is 42.0. The third-order valence-corrected chi connectivity index (χ3v) is 12.4. The fourth-order valence-electron chi connectivity index (χ4n) is 5.77. The smallest absolute Gasteiger partial charge is 0.261 e. The van der Waals surface area contributed by atoms with Crippen LogP contribution in [0.1, 0.15) is 62.0 Å². The molecule has 0 atom stereocenters. The Bertz CT molecular complexity index is 2830. The third kappa shape index (κ3) is 8.44. The summed E-state index contributed by atoms with van der Waals surface area (Å²) >= 11 is 14.3. The topological polar surface area (TPSA) is 171 Å². The normalized spacial score (nSPS) is 12.3. The van der Waals surface area contributed by atoms with Crippen molar-refractivity contribution in [2.75, 3.05) is 5.43 Å². The number of aromatic nitrogens is 8. The average molecular weight is 950 g/mol. The molecular formula is C36H39BCl2IN10O4S2. The van der Waals surface area contributed by atoms with E-state index in [9.17, 15) is 16.8 Å². The van der Waals surface area contributed by atoms with Gasteiger partial charge in [-0.1, -0.05) is 63.1 Å². The molecule has 7 rings (SSSR count). The Kier molecular flexibility index (Phi) is 12.7. The van der Waals surface area contributed by atoms with Crippen LogP contribution >= 0.6 is 45.6 Å². The van der Waals surface area contributed by atoms with Crippen molar-refractivity contribution in [1.29, 1.82) is 1.34 Å². The third-order valence-electron chi connectivity index (χ3n) is 8.36. The number of anilines is 1. The number of hydrogen-bond acceptors (Lipinski definition) is 11. The Morgan fingerprint density at radius 1 is 0.768 bits per heavy atom. The molecule has 0 unspecified atom stereocenters. The van der Waals surface area contributed by atoms with Gasteiger partial charge in [0.05, 0.1) is 20.6 Å². The summed E-state index contributed by atoms with van der Waals surface area (Å²) in [5, 5.41) is 13.7. The second kappa shape index (κ2) is 17.2. The molecule has 293 valence electrons. The van der Waals surface area contributed by atoms with Gasteiger partial charge in [-0.3, -0.25) is 9.83 Å². The van der Waals surface area contributed by atoms with Crippen molar-refractivity contribution in [3.63, 3.8) is 0 Å². The van der Waals surface area contributed by atoms with E-state index in [-0.39, 0.29) is 43.5 Å². The van der Waals surface area contributed by atoms with E-state index < -0.39 is 20.0 Å². The number of fused-ring (bicyclic) bond motifs is 4. The molecule has 0 bridgehead atoms. The molecule has 2 aromatic carbocycles. The lowest BCUT2D eigenvalue weighted by atomic mass is 10.2. The molecule has 0 aliphatic heterocycles. The molecule has 20 heteroatoms. The zero-order valence-electron chi connectivity index (χ0n) is 32.7. The van der Waals surface area contributed by atoms with Gasteiger partial charge in [0.2, 0.25) is 10.6 Å². The lowest BCUT2D eigenvalue weighted by Crippen LogP contribution is -2.15. The number of benzene rings is 2. The highest BCUT2D eigenvalue weighted by molar-refractivity contribution is 14.1. The summed E-state index contributed by atoms with van der Waals surface area (Å²) in [5.41, 5.74) is 7.97. The highest BCUT2D eigenvalue weighted by atomic mass is 127. The van der Waals surface area contributed by atoms with Gasteiger partial charge in [-0.15, -0.1) is 10.2 Å². The molecule has 1 N–H and O–H groups in total. The minimum absolute atomic E-state index is 0.0665. The van der Waals surface area contributed by atoms with Crippen molar-refractivity contribution < 1.29 is 16.8 Å². The van der Waals surface area contributed by atoms with Crippen LogP contribution in [0.2, 0.25) is 10.6 Å². The van der Waals surface area contributed by atoms with Crippen LogP contribution in [0.15, 0.2) is 75.6 Å². The van der Waals surface area contributed by atoms with Crippen LogP contribution in [0.25, 0.3) is 27.7 Å².